The van der Waals surface area contributed by atoms with Crippen LogP contribution in [0.5, 0.6) is 0 Å². The van der Waals surface area contributed by atoms with Gasteiger partial charge in [0.25, 0.3) is 10.0 Å². The van der Waals surface area contributed by atoms with Crippen LogP contribution in [0.2, 0.25) is 5.02 Å². The largest absolute Gasteiger partial charge is 0.276 e. The van der Waals surface area contributed by atoms with Crippen LogP contribution in [0.25, 0.3) is 0 Å². The van der Waals surface area contributed by atoms with Crippen molar-refractivity contribution >= 4 is 43.8 Å². The molecule has 0 fully saturated rings. The fraction of sp³-hybridized carbons (Fsp3) is 0. The number of sulfonamides is 1. The van der Waals surface area contributed by atoms with E-state index in [1.165, 1.54) is 30.5 Å². The molecule has 0 aliphatic heterocycles. The first kappa shape index (κ1) is 15.0. The van der Waals surface area contributed by atoms with Crippen molar-refractivity contribution in [3.63, 3.8) is 0 Å². The van der Waals surface area contributed by atoms with E-state index in [0.29, 0.717) is 5.02 Å². The Labute approximate surface area is 130 Å². The van der Waals surface area contributed by atoms with Crippen LogP contribution in [0.15, 0.2) is 63.0 Å². The van der Waals surface area contributed by atoms with Crippen molar-refractivity contribution in [2.45, 2.75) is 4.90 Å². The first-order chi connectivity index (χ1) is 9.49. The first-order valence-electron chi connectivity index (χ1n) is 5.54. The van der Waals surface area contributed by atoms with Crippen molar-refractivity contribution in [3.05, 3.63) is 63.6 Å². The predicted molar refractivity (Wildman–Crippen MR) is 83.5 cm³/mol. The normalized spacial score (nSPS) is 11.7. The highest BCUT2D eigenvalue weighted by Gasteiger charge is 2.11. The standard InChI is InChI=1S/C13H10BrClN2O2S/c14-13-4-2-1-3-10(13)9-16-17-20(18,19)12-7-5-11(15)6-8-12/h1-9,17H. The van der Waals surface area contributed by atoms with Gasteiger partial charge in [0.05, 0.1) is 11.1 Å². The Balaban J connectivity index is 2.14. The van der Waals surface area contributed by atoms with E-state index in [1.54, 1.807) is 0 Å². The van der Waals surface area contributed by atoms with Crippen LogP contribution in [0.3, 0.4) is 0 Å². The molecule has 0 atom stereocenters. The second-order valence-electron chi connectivity index (χ2n) is 3.83. The average Bonchev–Trinajstić information content (AvgIpc) is 2.41. The highest BCUT2D eigenvalue weighted by atomic mass is 79.9. The zero-order valence-electron chi connectivity index (χ0n) is 10.1. The van der Waals surface area contributed by atoms with Crippen molar-refractivity contribution in [2.24, 2.45) is 5.10 Å². The molecule has 2 aromatic carbocycles. The lowest BCUT2D eigenvalue weighted by atomic mass is 10.2. The minimum absolute atomic E-state index is 0.103. The molecule has 0 bridgehead atoms. The van der Waals surface area contributed by atoms with E-state index < -0.39 is 10.0 Å². The molecule has 0 saturated carbocycles. The van der Waals surface area contributed by atoms with E-state index >= 15 is 0 Å². The summed E-state index contributed by atoms with van der Waals surface area (Å²) in [5, 5.41) is 4.22. The van der Waals surface area contributed by atoms with Crippen LogP contribution in [0.1, 0.15) is 5.56 Å². The van der Waals surface area contributed by atoms with E-state index in [1.807, 2.05) is 24.3 Å². The first-order valence-corrected chi connectivity index (χ1v) is 8.19. The number of rotatable bonds is 4. The summed E-state index contributed by atoms with van der Waals surface area (Å²) in [5.74, 6) is 0. The third-order valence-electron chi connectivity index (χ3n) is 2.41. The average molecular weight is 374 g/mol. The molecule has 0 aliphatic rings. The molecule has 7 heteroatoms. The molecule has 0 aliphatic carbocycles. The Morgan fingerprint density at radius 2 is 1.75 bits per heavy atom. The molecule has 104 valence electrons. The van der Waals surface area contributed by atoms with Crippen LogP contribution in [-0.2, 0) is 10.0 Å². The Morgan fingerprint density at radius 3 is 2.40 bits per heavy atom. The van der Waals surface area contributed by atoms with Crippen molar-refractivity contribution in [1.82, 2.24) is 4.83 Å². The van der Waals surface area contributed by atoms with E-state index in [-0.39, 0.29) is 4.90 Å². The van der Waals surface area contributed by atoms with Gasteiger partial charge < -0.3 is 0 Å². The maximum absolute atomic E-state index is 11.9. The summed E-state index contributed by atoms with van der Waals surface area (Å²) in [5.41, 5.74) is 0.770. The highest BCUT2D eigenvalue weighted by Crippen LogP contribution is 2.15. The Morgan fingerprint density at radius 1 is 1.10 bits per heavy atom. The van der Waals surface area contributed by atoms with Gasteiger partial charge >= 0.3 is 0 Å². The molecule has 0 spiro atoms. The summed E-state index contributed by atoms with van der Waals surface area (Å²) < 4.78 is 24.7. The van der Waals surface area contributed by atoms with Gasteiger partial charge in [0.1, 0.15) is 0 Å². The van der Waals surface area contributed by atoms with Gasteiger partial charge in [-0.1, -0.05) is 45.7 Å². The molecule has 2 rings (SSSR count). The third-order valence-corrected chi connectivity index (χ3v) is 4.62. The molecule has 4 nitrogen and oxygen atoms in total. The van der Waals surface area contributed by atoms with Crippen molar-refractivity contribution in [3.8, 4) is 0 Å². The number of halogens is 2. The summed E-state index contributed by atoms with van der Waals surface area (Å²) in [4.78, 5) is 2.25. The second kappa shape index (κ2) is 6.39. The van der Waals surface area contributed by atoms with Gasteiger partial charge in [0, 0.05) is 15.1 Å². The Bertz CT molecular complexity index is 730. The molecular formula is C13H10BrClN2O2S. The van der Waals surface area contributed by atoms with Crippen molar-refractivity contribution < 1.29 is 8.42 Å². The maximum atomic E-state index is 11.9. The van der Waals surface area contributed by atoms with Gasteiger partial charge in [-0.2, -0.15) is 13.5 Å². The summed E-state index contributed by atoms with van der Waals surface area (Å²) in [6, 6.07) is 13.2. The number of hydrogen-bond donors (Lipinski definition) is 1. The van der Waals surface area contributed by atoms with Crippen LogP contribution >= 0.6 is 27.5 Å². The predicted octanol–water partition coefficient (Wildman–Crippen LogP) is 3.41. The Kier molecular flexibility index (Phi) is 4.80. The van der Waals surface area contributed by atoms with E-state index in [4.69, 9.17) is 11.6 Å². The highest BCUT2D eigenvalue weighted by molar-refractivity contribution is 9.10. The van der Waals surface area contributed by atoms with E-state index in [2.05, 4.69) is 25.9 Å². The van der Waals surface area contributed by atoms with Crippen LogP contribution in [0, 0.1) is 0 Å². The van der Waals surface area contributed by atoms with E-state index in [0.717, 1.165) is 10.0 Å². The van der Waals surface area contributed by atoms with Crippen LogP contribution < -0.4 is 4.83 Å². The van der Waals surface area contributed by atoms with Gasteiger partial charge in [0.2, 0.25) is 0 Å². The number of benzene rings is 2. The molecule has 0 unspecified atom stereocenters. The summed E-state index contributed by atoms with van der Waals surface area (Å²) in [6.45, 7) is 0. The second-order valence-corrected chi connectivity index (χ2v) is 6.78. The maximum Gasteiger partial charge on any atom is 0.276 e. The van der Waals surface area contributed by atoms with Crippen molar-refractivity contribution in [2.75, 3.05) is 0 Å². The zero-order chi connectivity index (χ0) is 14.6. The molecule has 2 aromatic rings. The molecule has 1 N–H and O–H groups in total. The lowest BCUT2D eigenvalue weighted by molar-refractivity contribution is 0.584. The molecule has 0 radical (unpaired) electrons. The zero-order valence-corrected chi connectivity index (χ0v) is 13.3. The quantitative estimate of drug-likeness (QED) is 0.659. The molecule has 0 aromatic heterocycles. The van der Waals surface area contributed by atoms with Gasteiger partial charge in [-0.15, -0.1) is 0 Å². The molecule has 20 heavy (non-hydrogen) atoms. The van der Waals surface area contributed by atoms with Crippen LogP contribution in [0.4, 0.5) is 0 Å². The smallest absolute Gasteiger partial charge is 0.200 e. The van der Waals surface area contributed by atoms with Gasteiger partial charge in [0.15, 0.2) is 0 Å². The van der Waals surface area contributed by atoms with Gasteiger partial charge in [-0.05, 0) is 30.3 Å². The third kappa shape index (κ3) is 3.82. The number of nitrogens with zero attached hydrogens (tertiary/aromatic N) is 1. The van der Waals surface area contributed by atoms with Crippen molar-refractivity contribution in [1.29, 1.82) is 0 Å². The SMILES string of the molecule is O=S(=O)(NN=Cc1ccccc1Br)c1ccc(Cl)cc1. The number of hydrogen-bond acceptors (Lipinski definition) is 3. The monoisotopic (exact) mass is 372 g/mol. The van der Waals surface area contributed by atoms with Crippen LogP contribution in [-0.4, -0.2) is 14.6 Å². The fourth-order valence-corrected chi connectivity index (χ4v) is 2.72. The minimum Gasteiger partial charge on any atom is -0.200 e. The lowest BCUT2D eigenvalue weighted by Crippen LogP contribution is -2.18. The fourth-order valence-electron chi connectivity index (χ4n) is 1.41. The molecule has 0 amide bonds. The Hall–Kier alpha value is -1.37. The molecule has 0 saturated heterocycles. The number of hydrazone groups is 1. The lowest BCUT2D eigenvalue weighted by Gasteiger charge is -2.03. The molecular weight excluding hydrogens is 364 g/mol. The van der Waals surface area contributed by atoms with Gasteiger partial charge in [-0.3, -0.25) is 0 Å². The molecule has 0 heterocycles. The number of nitrogens with one attached hydrogen (secondary N) is 1. The summed E-state index contributed by atoms with van der Waals surface area (Å²) in [7, 11) is -3.68. The minimum atomic E-state index is -3.68. The summed E-state index contributed by atoms with van der Waals surface area (Å²) >= 11 is 9.06. The van der Waals surface area contributed by atoms with E-state index in [9.17, 15) is 8.42 Å². The summed E-state index contributed by atoms with van der Waals surface area (Å²) in [6.07, 6.45) is 1.43. The van der Waals surface area contributed by atoms with Gasteiger partial charge in [-0.25, -0.2) is 4.83 Å². The topological polar surface area (TPSA) is 58.5 Å².